The molecule has 4 nitrogen and oxygen atoms in total. The quantitative estimate of drug-likeness (QED) is 0.815. The van der Waals surface area contributed by atoms with E-state index in [1.807, 2.05) is 54.6 Å². The van der Waals surface area contributed by atoms with Gasteiger partial charge in [0, 0.05) is 13.7 Å². The summed E-state index contributed by atoms with van der Waals surface area (Å²) in [6, 6.07) is 17.7. The summed E-state index contributed by atoms with van der Waals surface area (Å²) >= 11 is 0. The van der Waals surface area contributed by atoms with Crippen LogP contribution in [0.4, 0.5) is 0 Å². The van der Waals surface area contributed by atoms with Crippen LogP contribution in [-0.2, 0) is 34.0 Å². The molecule has 0 radical (unpaired) electrons. The van der Waals surface area contributed by atoms with Crippen molar-refractivity contribution in [3.8, 4) is 0 Å². The van der Waals surface area contributed by atoms with E-state index in [1.165, 1.54) is 0 Å². The van der Waals surface area contributed by atoms with Crippen LogP contribution in [0.25, 0.3) is 0 Å². The molecule has 0 spiro atoms. The number of carbonyl (C=O) groups is 1. The lowest BCUT2D eigenvalue weighted by atomic mass is 10.1. The highest BCUT2D eigenvalue weighted by Crippen LogP contribution is 2.10. The number of amides is 1. The molecule has 0 fully saturated rings. The number of methoxy groups -OCH3 is 1. The minimum atomic E-state index is -0.496. The fourth-order valence-corrected chi connectivity index (χ4v) is 2.22. The second-order valence-electron chi connectivity index (χ2n) is 5.36. The Kier molecular flexibility index (Phi) is 6.78. The average molecular weight is 313 g/mol. The summed E-state index contributed by atoms with van der Waals surface area (Å²) < 4.78 is 10.8. The zero-order valence-electron chi connectivity index (χ0n) is 13.6. The molecule has 0 aliphatic rings. The minimum Gasteiger partial charge on any atom is -0.380 e. The largest absolute Gasteiger partial charge is 0.380 e. The molecule has 1 atom stereocenters. The molecule has 0 heterocycles. The SMILES string of the molecule is COCc1ccccc1CNC(=O)C(C)OCc1ccccc1. The van der Waals surface area contributed by atoms with Crippen LogP contribution < -0.4 is 5.32 Å². The molecule has 0 aromatic heterocycles. The first-order chi connectivity index (χ1) is 11.2. The molecule has 2 aromatic carbocycles. The molecule has 2 rings (SSSR count). The van der Waals surface area contributed by atoms with Crippen molar-refractivity contribution < 1.29 is 14.3 Å². The van der Waals surface area contributed by atoms with Gasteiger partial charge in [0.25, 0.3) is 0 Å². The highest BCUT2D eigenvalue weighted by Gasteiger charge is 2.13. The lowest BCUT2D eigenvalue weighted by Gasteiger charge is -2.15. The molecule has 0 saturated heterocycles. The average Bonchev–Trinajstić information content (AvgIpc) is 2.59. The first kappa shape index (κ1) is 17.2. The van der Waals surface area contributed by atoms with Gasteiger partial charge in [0.2, 0.25) is 5.91 Å². The Balaban J connectivity index is 1.82. The van der Waals surface area contributed by atoms with Crippen molar-refractivity contribution in [3.63, 3.8) is 0 Å². The zero-order valence-corrected chi connectivity index (χ0v) is 13.6. The topological polar surface area (TPSA) is 47.6 Å². The first-order valence-corrected chi connectivity index (χ1v) is 7.69. The van der Waals surface area contributed by atoms with E-state index >= 15 is 0 Å². The Morgan fingerprint density at radius 2 is 1.65 bits per heavy atom. The number of rotatable bonds is 8. The van der Waals surface area contributed by atoms with Crippen LogP contribution in [0.2, 0.25) is 0 Å². The predicted molar refractivity (Wildman–Crippen MR) is 89.7 cm³/mol. The second kappa shape index (κ2) is 9.08. The van der Waals surface area contributed by atoms with E-state index in [9.17, 15) is 4.79 Å². The molecule has 0 aliphatic heterocycles. The highest BCUT2D eigenvalue weighted by molar-refractivity contribution is 5.80. The number of ether oxygens (including phenoxy) is 2. The molecule has 23 heavy (non-hydrogen) atoms. The van der Waals surface area contributed by atoms with E-state index in [4.69, 9.17) is 9.47 Å². The van der Waals surface area contributed by atoms with Gasteiger partial charge in [-0.15, -0.1) is 0 Å². The summed E-state index contributed by atoms with van der Waals surface area (Å²) in [5.41, 5.74) is 3.18. The number of nitrogens with one attached hydrogen (secondary N) is 1. The molecular weight excluding hydrogens is 290 g/mol. The Hall–Kier alpha value is -2.17. The van der Waals surface area contributed by atoms with Crippen molar-refractivity contribution in [3.05, 3.63) is 71.3 Å². The van der Waals surface area contributed by atoms with Crippen molar-refractivity contribution in [2.24, 2.45) is 0 Å². The standard InChI is InChI=1S/C19H23NO3/c1-15(23-13-16-8-4-3-5-9-16)19(21)20-12-17-10-6-7-11-18(17)14-22-2/h3-11,15H,12-14H2,1-2H3,(H,20,21). The van der Waals surface area contributed by atoms with Gasteiger partial charge in [-0.3, -0.25) is 4.79 Å². The van der Waals surface area contributed by atoms with Crippen LogP contribution in [0.3, 0.4) is 0 Å². The molecule has 0 aliphatic carbocycles. The number of carbonyl (C=O) groups excluding carboxylic acids is 1. The van der Waals surface area contributed by atoms with E-state index < -0.39 is 6.10 Å². The Labute approximate surface area is 137 Å². The van der Waals surface area contributed by atoms with Gasteiger partial charge in [-0.05, 0) is 23.6 Å². The fraction of sp³-hybridized carbons (Fsp3) is 0.316. The molecule has 2 aromatic rings. The molecule has 0 bridgehead atoms. The summed E-state index contributed by atoms with van der Waals surface area (Å²) in [5.74, 6) is -0.117. The summed E-state index contributed by atoms with van der Waals surface area (Å²) in [7, 11) is 1.66. The molecule has 0 saturated carbocycles. The lowest BCUT2D eigenvalue weighted by Crippen LogP contribution is -2.34. The van der Waals surface area contributed by atoms with Crippen LogP contribution in [0.15, 0.2) is 54.6 Å². The Morgan fingerprint density at radius 3 is 2.35 bits per heavy atom. The van der Waals surface area contributed by atoms with E-state index in [0.29, 0.717) is 19.8 Å². The number of benzene rings is 2. The fourth-order valence-electron chi connectivity index (χ4n) is 2.22. The van der Waals surface area contributed by atoms with Gasteiger partial charge in [0.15, 0.2) is 0 Å². The summed E-state index contributed by atoms with van der Waals surface area (Å²) in [6.07, 6.45) is -0.496. The maximum absolute atomic E-state index is 12.1. The first-order valence-electron chi connectivity index (χ1n) is 7.69. The van der Waals surface area contributed by atoms with Gasteiger partial charge >= 0.3 is 0 Å². The van der Waals surface area contributed by atoms with Crippen LogP contribution in [0.5, 0.6) is 0 Å². The number of hydrogen-bond acceptors (Lipinski definition) is 3. The van der Waals surface area contributed by atoms with Crippen LogP contribution >= 0.6 is 0 Å². The van der Waals surface area contributed by atoms with Gasteiger partial charge in [-0.2, -0.15) is 0 Å². The van der Waals surface area contributed by atoms with Crippen molar-refractivity contribution in [2.45, 2.75) is 32.8 Å². The van der Waals surface area contributed by atoms with Crippen LogP contribution in [0.1, 0.15) is 23.6 Å². The highest BCUT2D eigenvalue weighted by atomic mass is 16.5. The third-order valence-corrected chi connectivity index (χ3v) is 3.58. The number of hydrogen-bond donors (Lipinski definition) is 1. The van der Waals surface area contributed by atoms with Gasteiger partial charge in [0.05, 0.1) is 13.2 Å². The van der Waals surface area contributed by atoms with Crippen molar-refractivity contribution in [2.75, 3.05) is 7.11 Å². The molecular formula is C19H23NO3. The van der Waals surface area contributed by atoms with Crippen molar-refractivity contribution in [1.29, 1.82) is 0 Å². The normalized spacial score (nSPS) is 11.9. The van der Waals surface area contributed by atoms with Gasteiger partial charge in [-0.25, -0.2) is 0 Å². The van der Waals surface area contributed by atoms with E-state index in [-0.39, 0.29) is 5.91 Å². The van der Waals surface area contributed by atoms with Crippen LogP contribution in [0, 0.1) is 0 Å². The lowest BCUT2D eigenvalue weighted by molar-refractivity contribution is -0.132. The van der Waals surface area contributed by atoms with Gasteiger partial charge < -0.3 is 14.8 Å². The van der Waals surface area contributed by atoms with Gasteiger partial charge in [0.1, 0.15) is 6.10 Å². The van der Waals surface area contributed by atoms with E-state index in [1.54, 1.807) is 14.0 Å². The molecule has 1 amide bonds. The van der Waals surface area contributed by atoms with Crippen molar-refractivity contribution >= 4 is 5.91 Å². The molecule has 4 heteroatoms. The predicted octanol–water partition coefficient (Wildman–Crippen LogP) is 3.05. The van der Waals surface area contributed by atoms with E-state index in [0.717, 1.165) is 16.7 Å². The zero-order chi connectivity index (χ0) is 16.5. The van der Waals surface area contributed by atoms with Gasteiger partial charge in [-0.1, -0.05) is 54.6 Å². The summed E-state index contributed by atoms with van der Waals surface area (Å²) in [4.78, 5) is 12.1. The third kappa shape index (κ3) is 5.51. The third-order valence-electron chi connectivity index (χ3n) is 3.58. The molecule has 122 valence electrons. The maximum atomic E-state index is 12.1. The second-order valence-corrected chi connectivity index (χ2v) is 5.36. The van der Waals surface area contributed by atoms with E-state index in [2.05, 4.69) is 5.32 Å². The minimum absolute atomic E-state index is 0.117. The molecule has 1 unspecified atom stereocenters. The van der Waals surface area contributed by atoms with Crippen LogP contribution in [-0.4, -0.2) is 19.1 Å². The van der Waals surface area contributed by atoms with Crippen molar-refractivity contribution in [1.82, 2.24) is 5.32 Å². The summed E-state index contributed by atoms with van der Waals surface area (Å²) in [6.45, 7) is 3.19. The maximum Gasteiger partial charge on any atom is 0.249 e. The molecule has 1 N–H and O–H groups in total. The summed E-state index contributed by atoms with van der Waals surface area (Å²) in [5, 5.41) is 2.91. The Bertz CT molecular complexity index is 613. The monoisotopic (exact) mass is 313 g/mol. The smallest absolute Gasteiger partial charge is 0.249 e. The Morgan fingerprint density at radius 1 is 1.00 bits per heavy atom.